The van der Waals surface area contributed by atoms with Gasteiger partial charge < -0.3 is 20.3 Å². The van der Waals surface area contributed by atoms with Crippen LogP contribution in [0.3, 0.4) is 0 Å². The Bertz CT molecular complexity index is 1340. The van der Waals surface area contributed by atoms with Gasteiger partial charge in [-0.05, 0) is 83.5 Å². The maximum absolute atomic E-state index is 13.3. The van der Waals surface area contributed by atoms with E-state index in [0.717, 1.165) is 103 Å². The van der Waals surface area contributed by atoms with Crippen molar-refractivity contribution in [2.75, 3.05) is 6.61 Å². The standard InChI is InChI=1S/C62H107NO5/c1-4-7-10-13-16-19-22-25-28-30-32-34-37-40-43-46-49-52-55-62(67)68-58(53-50-47-44-41-38-35-27-24-21-18-15-12-9-6-3)56-61(66)63-59(57-64)60(65)54-51-48-45-42-39-36-33-31-29-26-23-20-17-14-11-8-5-2/h9,12,16,18-19,21-22,25,27-28,30,32,34-35,41,44,58-60,64-65H,4-8,10-11,13-15,17,20,23-24,26,29,31,33,36-40,42-43,45-57H2,1-3H3,(H,63,66)/b12-9+,19-16+,21-18+,25-22+,30-28+,34-32+,35-27+,44-41+. The van der Waals surface area contributed by atoms with Crippen LogP contribution in [0.25, 0.3) is 0 Å². The molecule has 0 saturated heterocycles. The molecule has 3 atom stereocenters. The highest BCUT2D eigenvalue weighted by molar-refractivity contribution is 5.77. The number of aliphatic hydroxyl groups is 2. The average molecular weight is 947 g/mol. The van der Waals surface area contributed by atoms with Gasteiger partial charge in [0.2, 0.25) is 5.91 Å². The van der Waals surface area contributed by atoms with E-state index in [1.165, 1.54) is 109 Å². The van der Waals surface area contributed by atoms with Crippen molar-refractivity contribution in [3.8, 4) is 0 Å². The van der Waals surface area contributed by atoms with E-state index in [-0.39, 0.29) is 24.9 Å². The third-order valence-corrected chi connectivity index (χ3v) is 12.5. The lowest BCUT2D eigenvalue weighted by molar-refractivity contribution is -0.151. The van der Waals surface area contributed by atoms with Gasteiger partial charge in [-0.2, -0.15) is 0 Å². The van der Waals surface area contributed by atoms with Crippen LogP contribution in [0.15, 0.2) is 97.2 Å². The van der Waals surface area contributed by atoms with Crippen molar-refractivity contribution in [3.63, 3.8) is 0 Å². The summed E-state index contributed by atoms with van der Waals surface area (Å²) in [6, 6.07) is -0.731. The van der Waals surface area contributed by atoms with E-state index in [2.05, 4.69) is 123 Å². The minimum atomic E-state index is -0.813. The molecule has 0 fully saturated rings. The Balaban J connectivity index is 4.65. The van der Waals surface area contributed by atoms with Gasteiger partial charge in [0, 0.05) is 6.42 Å². The highest BCUT2D eigenvalue weighted by Crippen LogP contribution is 2.17. The van der Waals surface area contributed by atoms with Crippen LogP contribution >= 0.6 is 0 Å². The summed E-state index contributed by atoms with van der Waals surface area (Å²) in [4.78, 5) is 26.2. The molecule has 0 aliphatic carbocycles. The lowest BCUT2D eigenvalue weighted by atomic mass is 10.0. The highest BCUT2D eigenvalue weighted by Gasteiger charge is 2.24. The van der Waals surface area contributed by atoms with Gasteiger partial charge in [0.1, 0.15) is 6.10 Å². The van der Waals surface area contributed by atoms with Gasteiger partial charge in [-0.1, -0.05) is 259 Å². The van der Waals surface area contributed by atoms with E-state index in [1.54, 1.807) is 0 Å². The van der Waals surface area contributed by atoms with Crippen molar-refractivity contribution in [3.05, 3.63) is 97.2 Å². The summed E-state index contributed by atoms with van der Waals surface area (Å²) in [7, 11) is 0. The number of unbranched alkanes of at least 4 members (excludes halogenated alkanes) is 25. The Morgan fingerprint density at radius 3 is 1.38 bits per heavy atom. The molecule has 0 aromatic rings. The Hall–Kier alpha value is -3.22. The summed E-state index contributed by atoms with van der Waals surface area (Å²) >= 11 is 0. The zero-order valence-electron chi connectivity index (χ0n) is 44.5. The predicted octanol–water partition coefficient (Wildman–Crippen LogP) is 17.7. The Kier molecular flexibility index (Phi) is 52.1. The Labute approximate surface area is 420 Å². The zero-order valence-corrected chi connectivity index (χ0v) is 44.5. The fourth-order valence-corrected chi connectivity index (χ4v) is 8.20. The van der Waals surface area contributed by atoms with Gasteiger partial charge in [0.15, 0.2) is 0 Å². The molecule has 6 heteroatoms. The third-order valence-electron chi connectivity index (χ3n) is 12.5. The summed E-state index contributed by atoms with van der Waals surface area (Å²) in [5, 5.41) is 23.9. The van der Waals surface area contributed by atoms with Gasteiger partial charge in [0.05, 0.1) is 25.2 Å². The number of aliphatic hydroxyl groups excluding tert-OH is 2. The molecule has 0 aliphatic heterocycles. The van der Waals surface area contributed by atoms with Gasteiger partial charge in [0.25, 0.3) is 0 Å². The lowest BCUT2D eigenvalue weighted by Gasteiger charge is -2.24. The summed E-state index contributed by atoms with van der Waals surface area (Å²) < 4.78 is 5.92. The van der Waals surface area contributed by atoms with Gasteiger partial charge in [-0.3, -0.25) is 9.59 Å². The molecule has 0 rings (SSSR count). The SMILES string of the molecule is CC/C=C/C/C=C/C/C=C/C/C=C/CCCC(CC(=O)NC(CO)C(O)CCCCCCCCCCCCCCCCCCC)OC(=O)CCCCCCC/C=C/C=C/C=C/C=C/CCCCC. The lowest BCUT2D eigenvalue weighted by Crippen LogP contribution is -2.46. The molecule has 0 heterocycles. The molecule has 68 heavy (non-hydrogen) atoms. The van der Waals surface area contributed by atoms with E-state index in [0.29, 0.717) is 19.3 Å². The first kappa shape index (κ1) is 64.8. The number of rotatable bonds is 50. The average Bonchev–Trinajstić information content (AvgIpc) is 3.33. The first-order chi connectivity index (χ1) is 33.5. The number of allylic oxidation sites excluding steroid dienone is 16. The van der Waals surface area contributed by atoms with Crippen LogP contribution in [0, 0.1) is 0 Å². The van der Waals surface area contributed by atoms with Crippen molar-refractivity contribution in [2.45, 2.75) is 277 Å². The van der Waals surface area contributed by atoms with E-state index in [4.69, 9.17) is 4.74 Å². The second kappa shape index (κ2) is 54.7. The summed E-state index contributed by atoms with van der Waals surface area (Å²) in [5.74, 6) is -0.557. The Morgan fingerprint density at radius 1 is 0.456 bits per heavy atom. The van der Waals surface area contributed by atoms with Crippen LogP contribution in [0.4, 0.5) is 0 Å². The maximum Gasteiger partial charge on any atom is 0.306 e. The third kappa shape index (κ3) is 49.2. The second-order valence-electron chi connectivity index (χ2n) is 19.0. The normalized spacial score (nSPS) is 13.9. The first-order valence-corrected chi connectivity index (χ1v) is 28.5. The topological polar surface area (TPSA) is 95.9 Å². The summed E-state index contributed by atoms with van der Waals surface area (Å²) in [6.07, 6.45) is 73.3. The Morgan fingerprint density at radius 2 is 0.868 bits per heavy atom. The van der Waals surface area contributed by atoms with Gasteiger partial charge in [-0.25, -0.2) is 0 Å². The van der Waals surface area contributed by atoms with Crippen LogP contribution in [0.1, 0.15) is 258 Å². The molecule has 0 aromatic heterocycles. The van der Waals surface area contributed by atoms with Gasteiger partial charge in [-0.15, -0.1) is 0 Å². The zero-order chi connectivity index (χ0) is 49.5. The molecule has 6 nitrogen and oxygen atoms in total. The quantitative estimate of drug-likeness (QED) is 0.0244. The second-order valence-corrected chi connectivity index (χ2v) is 19.0. The van der Waals surface area contributed by atoms with Crippen molar-refractivity contribution in [2.24, 2.45) is 0 Å². The highest BCUT2D eigenvalue weighted by atomic mass is 16.5. The molecule has 0 spiro atoms. The van der Waals surface area contributed by atoms with Crippen LogP contribution in [-0.2, 0) is 14.3 Å². The number of hydrogen-bond acceptors (Lipinski definition) is 5. The predicted molar refractivity (Wildman–Crippen MR) is 296 cm³/mol. The molecular weight excluding hydrogens is 839 g/mol. The fourth-order valence-electron chi connectivity index (χ4n) is 8.20. The van der Waals surface area contributed by atoms with Crippen molar-refractivity contribution in [1.29, 1.82) is 0 Å². The number of amides is 1. The number of hydrogen-bond donors (Lipinski definition) is 3. The molecule has 3 unspecified atom stereocenters. The number of ether oxygens (including phenoxy) is 1. The fraction of sp³-hybridized carbons (Fsp3) is 0.710. The van der Waals surface area contributed by atoms with Crippen LogP contribution in [0.5, 0.6) is 0 Å². The van der Waals surface area contributed by atoms with Gasteiger partial charge >= 0.3 is 5.97 Å². The first-order valence-electron chi connectivity index (χ1n) is 28.5. The number of carbonyl (C=O) groups excluding carboxylic acids is 2. The molecule has 0 saturated carbocycles. The number of carbonyl (C=O) groups is 2. The van der Waals surface area contributed by atoms with E-state index < -0.39 is 18.2 Å². The number of nitrogens with one attached hydrogen (secondary N) is 1. The monoisotopic (exact) mass is 946 g/mol. The largest absolute Gasteiger partial charge is 0.462 e. The maximum atomic E-state index is 13.3. The molecular formula is C62H107NO5. The van der Waals surface area contributed by atoms with E-state index in [9.17, 15) is 19.8 Å². The van der Waals surface area contributed by atoms with Crippen LogP contribution < -0.4 is 5.32 Å². The van der Waals surface area contributed by atoms with Crippen molar-refractivity contribution < 1.29 is 24.5 Å². The molecule has 1 amide bonds. The van der Waals surface area contributed by atoms with Crippen molar-refractivity contribution in [1.82, 2.24) is 5.32 Å². The molecule has 0 aliphatic rings. The molecule has 0 radical (unpaired) electrons. The van der Waals surface area contributed by atoms with Crippen molar-refractivity contribution >= 4 is 11.9 Å². The smallest absolute Gasteiger partial charge is 0.306 e. The summed E-state index contributed by atoms with van der Waals surface area (Å²) in [5.41, 5.74) is 0. The molecule has 390 valence electrons. The minimum Gasteiger partial charge on any atom is -0.462 e. The van der Waals surface area contributed by atoms with Crippen LogP contribution in [-0.4, -0.2) is 46.9 Å². The molecule has 0 aromatic carbocycles. The minimum absolute atomic E-state index is 0.0253. The summed E-state index contributed by atoms with van der Waals surface area (Å²) in [6.45, 7) is 6.32. The molecule has 0 bridgehead atoms. The van der Waals surface area contributed by atoms with E-state index >= 15 is 0 Å². The molecule has 3 N–H and O–H groups in total. The van der Waals surface area contributed by atoms with Crippen LogP contribution in [0.2, 0.25) is 0 Å². The number of esters is 1. The van der Waals surface area contributed by atoms with E-state index in [1.807, 2.05) is 0 Å².